The summed E-state index contributed by atoms with van der Waals surface area (Å²) in [5, 5.41) is 5.53. The standard InChI is InChI=1S/C22H22N4O2/c1-5-13-25(14-6-2)21(27)23-17-19-9-11-20(12-10-19)18-24-22(28)26(15-7-3)16-8-4/h1-4,9-12H,13-18H2,(H,23,27)(H,24,28). The SMILES string of the molecule is C#CCN(CC#C)C(=O)NCc1ccc(CNC(=O)N(CC#C)CC#C)cc1. The van der Waals surface area contributed by atoms with Crippen LogP contribution in [0.5, 0.6) is 0 Å². The number of nitrogens with one attached hydrogen (secondary N) is 2. The van der Waals surface area contributed by atoms with Crippen molar-refractivity contribution in [3.8, 4) is 49.4 Å². The van der Waals surface area contributed by atoms with Gasteiger partial charge in [0.25, 0.3) is 0 Å². The Bertz CT molecular complexity index is 729. The quantitative estimate of drug-likeness (QED) is 0.673. The van der Waals surface area contributed by atoms with E-state index in [1.807, 2.05) is 24.3 Å². The van der Waals surface area contributed by atoms with Crippen LogP contribution in [0.4, 0.5) is 9.59 Å². The molecule has 0 atom stereocenters. The Kier molecular flexibility index (Phi) is 9.74. The predicted molar refractivity (Wildman–Crippen MR) is 109 cm³/mol. The third-order valence-electron chi connectivity index (χ3n) is 3.61. The van der Waals surface area contributed by atoms with Crippen molar-refractivity contribution in [2.24, 2.45) is 0 Å². The number of urea groups is 2. The molecule has 0 unspecified atom stereocenters. The Morgan fingerprint density at radius 1 is 0.679 bits per heavy atom. The maximum absolute atomic E-state index is 12.1. The first-order valence-corrected chi connectivity index (χ1v) is 8.42. The van der Waals surface area contributed by atoms with E-state index in [2.05, 4.69) is 34.3 Å². The summed E-state index contributed by atoms with van der Waals surface area (Å²) < 4.78 is 0. The van der Waals surface area contributed by atoms with Crippen molar-refractivity contribution in [3.63, 3.8) is 0 Å². The predicted octanol–water partition coefficient (Wildman–Crippen LogP) is 1.24. The molecule has 0 aliphatic heterocycles. The van der Waals surface area contributed by atoms with Crippen molar-refractivity contribution in [3.05, 3.63) is 35.4 Å². The van der Waals surface area contributed by atoms with Gasteiger partial charge in [-0.15, -0.1) is 25.7 Å². The molecule has 1 aromatic carbocycles. The number of carbonyl (C=O) groups excluding carboxylic acids is 2. The number of amides is 4. The Labute approximate surface area is 166 Å². The number of carbonyl (C=O) groups is 2. The topological polar surface area (TPSA) is 64.7 Å². The lowest BCUT2D eigenvalue weighted by atomic mass is 10.1. The number of hydrogen-bond donors (Lipinski definition) is 2. The van der Waals surface area contributed by atoms with Gasteiger partial charge in [0.2, 0.25) is 0 Å². The number of rotatable bonds is 8. The van der Waals surface area contributed by atoms with Gasteiger partial charge in [0.1, 0.15) is 0 Å². The van der Waals surface area contributed by atoms with Crippen molar-refractivity contribution < 1.29 is 9.59 Å². The van der Waals surface area contributed by atoms with E-state index in [1.165, 1.54) is 9.80 Å². The minimum Gasteiger partial charge on any atom is -0.334 e. The summed E-state index contributed by atoms with van der Waals surface area (Å²) in [6, 6.07) is 6.78. The van der Waals surface area contributed by atoms with Crippen molar-refractivity contribution in [1.82, 2.24) is 20.4 Å². The van der Waals surface area contributed by atoms with Gasteiger partial charge >= 0.3 is 12.1 Å². The fourth-order valence-electron chi connectivity index (χ4n) is 2.19. The zero-order valence-corrected chi connectivity index (χ0v) is 15.6. The molecule has 0 saturated heterocycles. The summed E-state index contributed by atoms with van der Waals surface area (Å²) in [5.74, 6) is 9.58. The number of terminal acetylenes is 4. The average molecular weight is 374 g/mol. The monoisotopic (exact) mass is 374 g/mol. The van der Waals surface area contributed by atoms with Crippen LogP contribution in [-0.4, -0.2) is 48.0 Å². The van der Waals surface area contributed by atoms with Gasteiger partial charge in [-0.3, -0.25) is 0 Å². The van der Waals surface area contributed by atoms with Gasteiger partial charge < -0.3 is 20.4 Å². The molecule has 0 saturated carbocycles. The lowest BCUT2D eigenvalue weighted by Crippen LogP contribution is -2.40. The Hall–Kier alpha value is -4.00. The number of nitrogens with zero attached hydrogens (tertiary/aromatic N) is 2. The molecule has 0 spiro atoms. The van der Waals surface area contributed by atoms with Gasteiger partial charge in [0.15, 0.2) is 0 Å². The van der Waals surface area contributed by atoms with Crippen LogP contribution >= 0.6 is 0 Å². The second kappa shape index (κ2) is 12.4. The fraction of sp³-hybridized carbons (Fsp3) is 0.273. The number of benzene rings is 1. The zero-order chi connectivity index (χ0) is 20.8. The summed E-state index contributed by atoms with van der Waals surface area (Å²) in [5.41, 5.74) is 1.79. The van der Waals surface area contributed by atoms with E-state index in [-0.39, 0.29) is 38.2 Å². The van der Waals surface area contributed by atoms with Gasteiger partial charge in [-0.1, -0.05) is 47.9 Å². The molecule has 142 valence electrons. The highest BCUT2D eigenvalue weighted by Crippen LogP contribution is 2.05. The molecule has 0 aliphatic rings. The van der Waals surface area contributed by atoms with Gasteiger partial charge in [0, 0.05) is 13.1 Å². The lowest BCUT2D eigenvalue weighted by molar-refractivity contribution is 0.208. The average Bonchev–Trinajstić information content (AvgIpc) is 2.70. The smallest absolute Gasteiger partial charge is 0.319 e. The molecule has 1 rings (SSSR count). The van der Waals surface area contributed by atoms with E-state index in [0.717, 1.165) is 11.1 Å². The van der Waals surface area contributed by atoms with Gasteiger partial charge in [-0.05, 0) is 11.1 Å². The highest BCUT2D eigenvalue weighted by Gasteiger charge is 2.11. The molecule has 6 nitrogen and oxygen atoms in total. The molecule has 0 bridgehead atoms. The van der Waals surface area contributed by atoms with Crippen LogP contribution in [0.2, 0.25) is 0 Å². The van der Waals surface area contributed by atoms with Crippen molar-refractivity contribution >= 4 is 12.1 Å². The normalized spacial score (nSPS) is 9.00. The third kappa shape index (κ3) is 7.49. The second-order valence-electron chi connectivity index (χ2n) is 5.66. The summed E-state index contributed by atoms with van der Waals surface area (Å²) >= 11 is 0. The molecular weight excluding hydrogens is 352 g/mol. The summed E-state index contributed by atoms with van der Waals surface area (Å²) in [7, 11) is 0. The van der Waals surface area contributed by atoms with Crippen LogP contribution in [0.3, 0.4) is 0 Å². The fourth-order valence-corrected chi connectivity index (χ4v) is 2.19. The molecule has 0 aliphatic carbocycles. The molecule has 0 radical (unpaired) electrons. The van der Waals surface area contributed by atoms with Crippen molar-refractivity contribution in [1.29, 1.82) is 0 Å². The molecule has 28 heavy (non-hydrogen) atoms. The Morgan fingerprint density at radius 2 is 0.964 bits per heavy atom. The summed E-state index contributed by atoms with van der Waals surface area (Å²) in [6.45, 7) is 1.23. The molecule has 4 amide bonds. The third-order valence-corrected chi connectivity index (χ3v) is 3.61. The minimum atomic E-state index is -0.325. The molecule has 0 heterocycles. The van der Waals surface area contributed by atoms with E-state index < -0.39 is 0 Å². The van der Waals surface area contributed by atoms with Crippen molar-refractivity contribution in [2.75, 3.05) is 26.2 Å². The zero-order valence-electron chi connectivity index (χ0n) is 15.6. The van der Waals surface area contributed by atoms with E-state index in [0.29, 0.717) is 13.1 Å². The largest absolute Gasteiger partial charge is 0.334 e. The van der Waals surface area contributed by atoms with Crippen LogP contribution in [0.15, 0.2) is 24.3 Å². The first-order valence-electron chi connectivity index (χ1n) is 8.42. The lowest BCUT2D eigenvalue weighted by Gasteiger charge is -2.18. The molecule has 6 heteroatoms. The van der Waals surface area contributed by atoms with Gasteiger partial charge in [0.05, 0.1) is 26.2 Å². The molecule has 2 N–H and O–H groups in total. The maximum atomic E-state index is 12.1. The summed E-state index contributed by atoms with van der Waals surface area (Å²) in [4.78, 5) is 26.8. The summed E-state index contributed by atoms with van der Waals surface area (Å²) in [6.07, 6.45) is 20.9. The Balaban J connectivity index is 2.53. The highest BCUT2D eigenvalue weighted by molar-refractivity contribution is 5.75. The maximum Gasteiger partial charge on any atom is 0.319 e. The van der Waals surface area contributed by atoms with Crippen LogP contribution in [-0.2, 0) is 13.1 Å². The molecule has 0 aromatic heterocycles. The van der Waals surface area contributed by atoms with E-state index in [9.17, 15) is 9.59 Å². The van der Waals surface area contributed by atoms with Crippen LogP contribution in [0, 0.1) is 49.4 Å². The van der Waals surface area contributed by atoms with E-state index in [1.54, 1.807) is 0 Å². The molecule has 0 fully saturated rings. The first kappa shape index (κ1) is 22.0. The van der Waals surface area contributed by atoms with Crippen LogP contribution in [0.25, 0.3) is 0 Å². The van der Waals surface area contributed by atoms with Gasteiger partial charge in [-0.2, -0.15) is 0 Å². The van der Waals surface area contributed by atoms with Crippen LogP contribution < -0.4 is 10.6 Å². The molecule has 1 aromatic rings. The van der Waals surface area contributed by atoms with Gasteiger partial charge in [-0.25, -0.2) is 9.59 Å². The van der Waals surface area contributed by atoms with Crippen LogP contribution in [0.1, 0.15) is 11.1 Å². The Morgan fingerprint density at radius 3 is 1.21 bits per heavy atom. The van der Waals surface area contributed by atoms with Crippen molar-refractivity contribution in [2.45, 2.75) is 13.1 Å². The molecular formula is C22H22N4O2. The second-order valence-corrected chi connectivity index (χ2v) is 5.66. The van der Waals surface area contributed by atoms with E-state index >= 15 is 0 Å². The highest BCUT2D eigenvalue weighted by atomic mass is 16.2. The minimum absolute atomic E-state index is 0.144. The number of hydrogen-bond acceptors (Lipinski definition) is 2. The van der Waals surface area contributed by atoms with E-state index in [4.69, 9.17) is 25.7 Å². The first-order chi connectivity index (χ1) is 13.5.